The standard InChI is InChI=1S/C32H56O3/c1-6-8-10-12-14-16-18-20-22-25(3)28-24-29(34)30(31(27(5)33)32(28)35)26(4)23-21-19-17-15-13-11-9-7-2/h24-26,34-35H,6-23H2,1-5H3. The average molecular weight is 489 g/mol. The van der Waals surface area contributed by atoms with Crippen LogP contribution < -0.4 is 0 Å². The van der Waals surface area contributed by atoms with Crippen LogP contribution in [0.2, 0.25) is 0 Å². The maximum absolute atomic E-state index is 12.6. The highest BCUT2D eigenvalue weighted by Gasteiger charge is 2.26. The summed E-state index contributed by atoms with van der Waals surface area (Å²) in [5, 5.41) is 22.0. The first-order valence-corrected chi connectivity index (χ1v) is 14.9. The van der Waals surface area contributed by atoms with Gasteiger partial charge in [-0.15, -0.1) is 0 Å². The first kappa shape index (κ1) is 31.5. The van der Waals surface area contributed by atoms with E-state index in [0.717, 1.165) is 31.2 Å². The summed E-state index contributed by atoms with van der Waals surface area (Å²) >= 11 is 0. The van der Waals surface area contributed by atoms with Crippen LogP contribution in [0.3, 0.4) is 0 Å². The van der Waals surface area contributed by atoms with E-state index in [1.54, 1.807) is 6.07 Å². The van der Waals surface area contributed by atoms with Crippen LogP contribution in [0.4, 0.5) is 0 Å². The normalized spacial score (nSPS) is 13.2. The van der Waals surface area contributed by atoms with Crippen LogP contribution in [0.1, 0.15) is 184 Å². The van der Waals surface area contributed by atoms with Crippen LogP contribution in [0.5, 0.6) is 11.5 Å². The Morgan fingerprint density at radius 2 is 1.09 bits per heavy atom. The van der Waals surface area contributed by atoms with Gasteiger partial charge in [0.25, 0.3) is 0 Å². The number of phenolic OH excluding ortho intramolecular Hbond substituents is 2. The predicted molar refractivity (Wildman–Crippen MR) is 151 cm³/mol. The van der Waals surface area contributed by atoms with Crippen molar-refractivity contribution in [2.75, 3.05) is 0 Å². The molecule has 1 aromatic rings. The van der Waals surface area contributed by atoms with Crippen LogP contribution in [0.15, 0.2) is 6.07 Å². The van der Waals surface area contributed by atoms with Crippen molar-refractivity contribution >= 4 is 5.78 Å². The minimum Gasteiger partial charge on any atom is -0.508 e. The highest BCUT2D eigenvalue weighted by atomic mass is 16.3. The molecular weight excluding hydrogens is 432 g/mol. The molecule has 1 aromatic carbocycles. The molecule has 0 radical (unpaired) electrons. The van der Waals surface area contributed by atoms with E-state index in [1.165, 1.54) is 96.8 Å². The minimum atomic E-state index is -0.156. The van der Waals surface area contributed by atoms with Crippen molar-refractivity contribution in [1.82, 2.24) is 0 Å². The molecule has 3 heteroatoms. The van der Waals surface area contributed by atoms with Gasteiger partial charge in [0.2, 0.25) is 0 Å². The molecule has 202 valence electrons. The Bertz CT molecular complexity index is 709. The van der Waals surface area contributed by atoms with Gasteiger partial charge >= 0.3 is 0 Å². The zero-order valence-corrected chi connectivity index (χ0v) is 23.8. The lowest BCUT2D eigenvalue weighted by atomic mass is 9.84. The van der Waals surface area contributed by atoms with Crippen LogP contribution in [0.25, 0.3) is 0 Å². The molecule has 0 fully saturated rings. The maximum Gasteiger partial charge on any atom is 0.163 e. The first-order chi connectivity index (χ1) is 16.8. The Morgan fingerprint density at radius 3 is 1.51 bits per heavy atom. The first-order valence-electron chi connectivity index (χ1n) is 14.9. The molecule has 0 aliphatic rings. The van der Waals surface area contributed by atoms with E-state index in [4.69, 9.17) is 0 Å². The van der Waals surface area contributed by atoms with Gasteiger partial charge in [-0.25, -0.2) is 0 Å². The fourth-order valence-electron chi connectivity index (χ4n) is 5.39. The monoisotopic (exact) mass is 488 g/mol. The highest BCUT2D eigenvalue weighted by molar-refractivity contribution is 5.99. The van der Waals surface area contributed by atoms with Crippen LogP contribution in [-0.4, -0.2) is 16.0 Å². The summed E-state index contributed by atoms with van der Waals surface area (Å²) in [6.45, 7) is 10.2. The molecule has 0 spiro atoms. The number of hydrogen-bond donors (Lipinski definition) is 2. The van der Waals surface area contributed by atoms with Gasteiger partial charge in [0, 0.05) is 11.1 Å². The van der Waals surface area contributed by atoms with Crippen molar-refractivity contribution in [3.63, 3.8) is 0 Å². The van der Waals surface area contributed by atoms with E-state index in [0.29, 0.717) is 11.1 Å². The predicted octanol–water partition coefficient (Wildman–Crippen LogP) is 10.6. The Morgan fingerprint density at radius 1 is 0.686 bits per heavy atom. The number of carbonyl (C=O) groups is 1. The fraction of sp³-hybridized carbons (Fsp3) is 0.781. The lowest BCUT2D eigenvalue weighted by Gasteiger charge is -2.22. The Kier molecular flexibility index (Phi) is 16.9. The molecule has 2 N–H and O–H groups in total. The lowest BCUT2D eigenvalue weighted by molar-refractivity contribution is 0.101. The van der Waals surface area contributed by atoms with Gasteiger partial charge < -0.3 is 10.2 Å². The molecule has 1 rings (SSSR count). The molecule has 0 heterocycles. The van der Waals surface area contributed by atoms with Gasteiger partial charge in [0.05, 0.1) is 5.56 Å². The van der Waals surface area contributed by atoms with Crippen molar-refractivity contribution in [2.24, 2.45) is 0 Å². The molecule has 3 nitrogen and oxygen atoms in total. The molecule has 2 unspecified atom stereocenters. The Hall–Kier alpha value is -1.51. The van der Waals surface area contributed by atoms with E-state index in [2.05, 4.69) is 27.7 Å². The number of unbranched alkanes of at least 4 members (excludes halogenated alkanes) is 14. The van der Waals surface area contributed by atoms with Gasteiger partial charge in [-0.1, -0.05) is 130 Å². The molecule has 0 aliphatic heterocycles. The number of benzene rings is 1. The number of carbonyl (C=O) groups excluding carboxylic acids is 1. The smallest absolute Gasteiger partial charge is 0.163 e. The zero-order valence-electron chi connectivity index (χ0n) is 23.8. The maximum atomic E-state index is 12.6. The largest absolute Gasteiger partial charge is 0.508 e. The van der Waals surface area contributed by atoms with Crippen molar-refractivity contribution in [2.45, 2.75) is 162 Å². The van der Waals surface area contributed by atoms with Crippen molar-refractivity contribution in [1.29, 1.82) is 0 Å². The van der Waals surface area contributed by atoms with Gasteiger partial charge in [0.1, 0.15) is 11.5 Å². The zero-order chi connectivity index (χ0) is 26.1. The second kappa shape index (κ2) is 18.7. The summed E-state index contributed by atoms with van der Waals surface area (Å²) in [6.07, 6.45) is 22.2. The topological polar surface area (TPSA) is 57.5 Å². The number of ketones is 1. The van der Waals surface area contributed by atoms with Crippen molar-refractivity contribution in [3.05, 3.63) is 22.8 Å². The van der Waals surface area contributed by atoms with Gasteiger partial charge in [-0.3, -0.25) is 4.79 Å². The van der Waals surface area contributed by atoms with Crippen LogP contribution in [-0.2, 0) is 0 Å². The third-order valence-corrected chi connectivity index (χ3v) is 7.70. The molecule has 0 amide bonds. The van der Waals surface area contributed by atoms with E-state index in [1.807, 2.05) is 0 Å². The summed E-state index contributed by atoms with van der Waals surface area (Å²) in [4.78, 5) is 12.6. The number of phenols is 2. The van der Waals surface area contributed by atoms with Gasteiger partial charge in [-0.2, -0.15) is 0 Å². The number of Topliss-reactive ketones (excluding diaryl/α,β-unsaturated/α-hetero) is 1. The molecule has 2 atom stereocenters. The molecular formula is C32H56O3. The lowest BCUT2D eigenvalue weighted by Crippen LogP contribution is -2.08. The summed E-state index contributed by atoms with van der Waals surface area (Å²) in [5.41, 5.74) is 1.70. The summed E-state index contributed by atoms with van der Waals surface area (Å²) in [6, 6.07) is 1.73. The third-order valence-electron chi connectivity index (χ3n) is 7.70. The highest BCUT2D eigenvalue weighted by Crippen LogP contribution is 2.43. The Labute approximate surface area is 217 Å². The van der Waals surface area contributed by atoms with Crippen molar-refractivity contribution < 1.29 is 15.0 Å². The second-order valence-electron chi connectivity index (χ2n) is 11.0. The number of rotatable bonds is 21. The van der Waals surface area contributed by atoms with E-state index in [-0.39, 0.29) is 29.1 Å². The third kappa shape index (κ3) is 11.8. The summed E-state index contributed by atoms with van der Waals surface area (Å²) in [7, 11) is 0. The van der Waals surface area contributed by atoms with E-state index < -0.39 is 0 Å². The van der Waals surface area contributed by atoms with Crippen LogP contribution in [0, 0.1) is 0 Å². The average Bonchev–Trinajstić information content (AvgIpc) is 2.82. The number of hydrogen-bond acceptors (Lipinski definition) is 3. The molecule has 0 bridgehead atoms. The van der Waals surface area contributed by atoms with Crippen LogP contribution >= 0.6 is 0 Å². The Balaban J connectivity index is 2.66. The fourth-order valence-corrected chi connectivity index (χ4v) is 5.39. The van der Waals surface area contributed by atoms with E-state index >= 15 is 0 Å². The van der Waals surface area contributed by atoms with Gasteiger partial charge in [0.15, 0.2) is 5.78 Å². The minimum absolute atomic E-state index is 0.0527. The van der Waals surface area contributed by atoms with Gasteiger partial charge in [-0.05, 0) is 37.7 Å². The molecule has 0 aliphatic carbocycles. The SMILES string of the molecule is CCCCCCCCCCC(C)c1cc(O)c(C(C)CCCCCCCCCC)c(C(C)=O)c1O. The number of aromatic hydroxyl groups is 2. The van der Waals surface area contributed by atoms with E-state index in [9.17, 15) is 15.0 Å². The molecule has 0 saturated heterocycles. The second-order valence-corrected chi connectivity index (χ2v) is 11.0. The quantitative estimate of drug-likeness (QED) is 0.103. The molecule has 35 heavy (non-hydrogen) atoms. The molecule has 0 saturated carbocycles. The summed E-state index contributed by atoms with van der Waals surface area (Å²) in [5.74, 6) is 0.294. The van der Waals surface area contributed by atoms with Crippen molar-refractivity contribution in [3.8, 4) is 11.5 Å². The summed E-state index contributed by atoms with van der Waals surface area (Å²) < 4.78 is 0. The molecule has 0 aromatic heterocycles.